The lowest BCUT2D eigenvalue weighted by Crippen LogP contribution is -2.53. The van der Waals surface area contributed by atoms with Crippen molar-refractivity contribution < 1.29 is 14.7 Å². The summed E-state index contributed by atoms with van der Waals surface area (Å²) >= 11 is 0. The molecule has 1 aliphatic rings. The Balaban J connectivity index is 1.26. The van der Waals surface area contributed by atoms with Crippen LogP contribution in [0.3, 0.4) is 0 Å². The topological polar surface area (TPSA) is 102 Å². The Labute approximate surface area is 209 Å². The van der Waals surface area contributed by atoms with Crippen LogP contribution in [0.1, 0.15) is 12.5 Å². The number of carbonyl (C=O) groups excluding carboxylic acids is 2. The molecule has 4 aromatic rings. The molecule has 0 saturated carbocycles. The molecular formula is C28H29N5O3. The maximum Gasteiger partial charge on any atom is 0.317 e. The van der Waals surface area contributed by atoms with Crippen molar-refractivity contribution in [3.63, 3.8) is 0 Å². The lowest BCUT2D eigenvalue weighted by Gasteiger charge is -2.34. The van der Waals surface area contributed by atoms with Crippen LogP contribution in [0, 0.1) is 0 Å². The van der Waals surface area contributed by atoms with Crippen LogP contribution in [0.5, 0.6) is 5.75 Å². The van der Waals surface area contributed by atoms with Crippen LogP contribution in [0.2, 0.25) is 0 Å². The molecule has 5 rings (SSSR count). The molecule has 1 saturated heterocycles. The van der Waals surface area contributed by atoms with Crippen LogP contribution < -0.4 is 5.32 Å². The summed E-state index contributed by atoms with van der Waals surface area (Å²) in [4.78, 5) is 35.8. The fourth-order valence-electron chi connectivity index (χ4n) is 4.62. The summed E-state index contributed by atoms with van der Waals surface area (Å²) in [5, 5.41) is 14.9. The number of phenols is 1. The van der Waals surface area contributed by atoms with E-state index < -0.39 is 0 Å². The van der Waals surface area contributed by atoms with Gasteiger partial charge in [0.2, 0.25) is 5.91 Å². The average molecular weight is 484 g/mol. The molecule has 0 aliphatic carbocycles. The first kappa shape index (κ1) is 23.4. The number of aromatic amines is 1. The molecule has 0 radical (unpaired) electrons. The van der Waals surface area contributed by atoms with Gasteiger partial charge in [-0.25, -0.2) is 4.79 Å². The molecule has 3 heterocycles. The smallest absolute Gasteiger partial charge is 0.317 e. The molecule has 2 aromatic heterocycles. The number of aromatic nitrogens is 2. The van der Waals surface area contributed by atoms with Gasteiger partial charge in [0.15, 0.2) is 0 Å². The molecule has 1 fully saturated rings. The van der Waals surface area contributed by atoms with E-state index in [-0.39, 0.29) is 17.7 Å². The number of carbonyl (C=O) groups is 2. The number of aromatic hydroxyl groups is 1. The zero-order valence-corrected chi connectivity index (χ0v) is 20.2. The molecule has 8 heteroatoms. The highest BCUT2D eigenvalue weighted by atomic mass is 16.3. The summed E-state index contributed by atoms with van der Waals surface area (Å²) in [6, 6.07) is 17.3. The molecule has 0 atom stereocenters. The van der Waals surface area contributed by atoms with E-state index in [9.17, 15) is 14.7 Å². The van der Waals surface area contributed by atoms with Gasteiger partial charge in [0.05, 0.1) is 23.8 Å². The van der Waals surface area contributed by atoms with Crippen LogP contribution in [0.15, 0.2) is 67.0 Å². The molecular weight excluding hydrogens is 454 g/mol. The molecule has 0 unspecified atom stereocenters. The predicted octanol–water partition coefficient (Wildman–Crippen LogP) is 4.02. The number of piperazine rings is 1. The number of urea groups is 1. The van der Waals surface area contributed by atoms with Gasteiger partial charge in [0.1, 0.15) is 5.75 Å². The van der Waals surface area contributed by atoms with Crippen LogP contribution >= 0.6 is 0 Å². The third kappa shape index (κ3) is 4.75. The Morgan fingerprint density at radius 2 is 1.72 bits per heavy atom. The van der Waals surface area contributed by atoms with Gasteiger partial charge in [0.25, 0.3) is 0 Å². The van der Waals surface area contributed by atoms with Gasteiger partial charge in [0, 0.05) is 55.4 Å². The van der Waals surface area contributed by atoms with Crippen LogP contribution in [-0.4, -0.2) is 69.5 Å². The SMILES string of the molecule is CCNC(=O)N1CCN(C(=O)Cc2ccc(-c3cccc(-c4cc5ccncc5[nH]4)c3O)cc2)CC1. The summed E-state index contributed by atoms with van der Waals surface area (Å²) in [6.07, 6.45) is 3.81. The third-order valence-electron chi connectivity index (χ3n) is 6.62. The van der Waals surface area contributed by atoms with Crippen LogP contribution in [-0.2, 0) is 11.2 Å². The Morgan fingerprint density at radius 3 is 2.44 bits per heavy atom. The second kappa shape index (κ2) is 10.1. The maximum atomic E-state index is 12.8. The zero-order chi connectivity index (χ0) is 25.1. The number of fused-ring (bicyclic) bond motifs is 1. The van der Waals surface area contributed by atoms with E-state index in [0.717, 1.165) is 38.9 Å². The average Bonchev–Trinajstić information content (AvgIpc) is 3.34. The number of H-pyrrole nitrogens is 1. The normalized spacial score (nSPS) is 13.7. The summed E-state index contributed by atoms with van der Waals surface area (Å²) in [5.41, 5.74) is 4.97. The lowest BCUT2D eigenvalue weighted by atomic mass is 9.98. The zero-order valence-electron chi connectivity index (χ0n) is 20.2. The number of nitrogens with zero attached hydrogens (tertiary/aromatic N) is 3. The molecule has 36 heavy (non-hydrogen) atoms. The van der Waals surface area contributed by atoms with Gasteiger partial charge < -0.3 is 25.2 Å². The van der Waals surface area contributed by atoms with E-state index in [1.165, 1.54) is 0 Å². The highest BCUT2D eigenvalue weighted by Crippen LogP contribution is 2.38. The summed E-state index contributed by atoms with van der Waals surface area (Å²) < 4.78 is 0. The van der Waals surface area contributed by atoms with Crippen molar-refractivity contribution in [3.8, 4) is 28.1 Å². The number of hydrogen-bond donors (Lipinski definition) is 3. The molecule has 1 aliphatic heterocycles. The number of para-hydroxylation sites is 1. The van der Waals surface area contributed by atoms with E-state index >= 15 is 0 Å². The Hall–Kier alpha value is -4.33. The largest absolute Gasteiger partial charge is 0.507 e. The van der Waals surface area contributed by atoms with Gasteiger partial charge in [-0.15, -0.1) is 0 Å². The van der Waals surface area contributed by atoms with Crippen LogP contribution in [0.4, 0.5) is 4.79 Å². The van der Waals surface area contributed by atoms with Crippen molar-refractivity contribution in [3.05, 3.63) is 72.6 Å². The number of amides is 3. The van der Waals surface area contributed by atoms with Crippen molar-refractivity contribution in [2.45, 2.75) is 13.3 Å². The highest BCUT2D eigenvalue weighted by molar-refractivity contribution is 5.89. The molecule has 3 N–H and O–H groups in total. The number of rotatable bonds is 5. The maximum absolute atomic E-state index is 12.8. The van der Waals surface area contributed by atoms with E-state index in [1.807, 2.05) is 66.4 Å². The third-order valence-corrected chi connectivity index (χ3v) is 6.62. The monoisotopic (exact) mass is 483 g/mol. The Bertz CT molecular complexity index is 1360. The first-order valence-electron chi connectivity index (χ1n) is 12.2. The highest BCUT2D eigenvalue weighted by Gasteiger charge is 2.24. The first-order chi connectivity index (χ1) is 17.5. The molecule has 8 nitrogen and oxygen atoms in total. The van der Waals surface area contributed by atoms with Gasteiger partial charge >= 0.3 is 6.03 Å². The number of pyridine rings is 1. The minimum atomic E-state index is -0.0749. The minimum absolute atomic E-state index is 0.0523. The number of benzene rings is 2. The minimum Gasteiger partial charge on any atom is -0.507 e. The molecule has 0 bridgehead atoms. The Kier molecular flexibility index (Phi) is 6.58. The fourth-order valence-corrected chi connectivity index (χ4v) is 4.62. The van der Waals surface area contributed by atoms with E-state index in [4.69, 9.17) is 0 Å². The van der Waals surface area contributed by atoms with E-state index in [2.05, 4.69) is 15.3 Å². The lowest BCUT2D eigenvalue weighted by molar-refractivity contribution is -0.131. The Morgan fingerprint density at radius 1 is 1.00 bits per heavy atom. The predicted molar refractivity (Wildman–Crippen MR) is 140 cm³/mol. The summed E-state index contributed by atoms with van der Waals surface area (Å²) in [6.45, 7) is 4.65. The van der Waals surface area contributed by atoms with Crippen LogP contribution in [0.25, 0.3) is 33.3 Å². The molecule has 2 aromatic carbocycles. The number of nitrogens with one attached hydrogen (secondary N) is 2. The number of hydrogen-bond acceptors (Lipinski definition) is 4. The van der Waals surface area contributed by atoms with E-state index in [0.29, 0.717) is 39.1 Å². The van der Waals surface area contributed by atoms with Crippen molar-refractivity contribution in [2.75, 3.05) is 32.7 Å². The quantitative estimate of drug-likeness (QED) is 0.399. The van der Waals surface area contributed by atoms with Crippen molar-refractivity contribution in [1.82, 2.24) is 25.1 Å². The van der Waals surface area contributed by atoms with Gasteiger partial charge in [-0.05, 0) is 36.2 Å². The van der Waals surface area contributed by atoms with Crippen molar-refractivity contribution >= 4 is 22.8 Å². The number of phenolic OH excluding ortho intramolecular Hbond substituents is 1. The summed E-state index contributed by atoms with van der Waals surface area (Å²) in [5.74, 6) is 0.252. The second-order valence-corrected chi connectivity index (χ2v) is 8.92. The standard InChI is InChI=1S/C28H29N5O3/c1-2-30-28(36)33-14-12-32(13-15-33)26(34)16-19-6-8-20(9-7-19)22-4-3-5-23(27(22)35)24-17-21-10-11-29-18-25(21)31-24/h3-11,17-18,31,35H,2,12-16H2,1H3,(H,30,36). The molecule has 184 valence electrons. The molecule has 3 amide bonds. The van der Waals surface area contributed by atoms with Gasteiger partial charge in [-0.2, -0.15) is 0 Å². The fraction of sp³-hybridized carbons (Fsp3) is 0.250. The van der Waals surface area contributed by atoms with Gasteiger partial charge in [-0.3, -0.25) is 9.78 Å². The van der Waals surface area contributed by atoms with E-state index in [1.54, 1.807) is 17.3 Å². The van der Waals surface area contributed by atoms with Gasteiger partial charge in [-0.1, -0.05) is 36.4 Å². The van der Waals surface area contributed by atoms with Crippen molar-refractivity contribution in [2.24, 2.45) is 0 Å². The summed E-state index contributed by atoms with van der Waals surface area (Å²) in [7, 11) is 0. The first-order valence-corrected chi connectivity index (χ1v) is 12.2. The van der Waals surface area contributed by atoms with Crippen molar-refractivity contribution in [1.29, 1.82) is 0 Å². The second-order valence-electron chi connectivity index (χ2n) is 8.92. The molecule has 0 spiro atoms.